The number of thiophene rings is 1. The number of hydrogen-bond donors (Lipinski definition) is 1. The van der Waals surface area contributed by atoms with Gasteiger partial charge in [-0.25, -0.2) is 0 Å². The summed E-state index contributed by atoms with van der Waals surface area (Å²) in [7, 11) is 0. The van der Waals surface area contributed by atoms with Gasteiger partial charge in [-0.3, -0.25) is 9.78 Å². The number of allylic oxidation sites excluding steroid dienone is 2. The van der Waals surface area contributed by atoms with Crippen molar-refractivity contribution in [1.29, 1.82) is 0 Å². The number of para-hydroxylation sites is 1. The number of aliphatic hydroxyl groups is 1. The van der Waals surface area contributed by atoms with Crippen LogP contribution >= 0.6 is 11.3 Å². The Balaban J connectivity index is 0.000000301. The Morgan fingerprint density at radius 1 is 0.852 bits per heavy atom. The second-order valence-corrected chi connectivity index (χ2v) is 16.4. The van der Waals surface area contributed by atoms with Crippen LogP contribution in [0.25, 0.3) is 64.5 Å². The fourth-order valence-corrected chi connectivity index (χ4v) is 8.73. The molecule has 1 radical (unpaired) electrons. The second-order valence-electron chi connectivity index (χ2n) is 15.4. The van der Waals surface area contributed by atoms with Crippen LogP contribution in [0.4, 0.5) is 0 Å². The van der Waals surface area contributed by atoms with Gasteiger partial charge in [-0.15, -0.1) is 28.9 Å². The van der Waals surface area contributed by atoms with Gasteiger partial charge in [-0.05, 0) is 84.0 Å². The van der Waals surface area contributed by atoms with Crippen molar-refractivity contribution >= 4 is 59.9 Å². The summed E-state index contributed by atoms with van der Waals surface area (Å²) >= 11 is 1.81. The van der Waals surface area contributed by atoms with E-state index < -0.39 is 0 Å². The quantitative estimate of drug-likeness (QED) is 0.0843. The van der Waals surface area contributed by atoms with Gasteiger partial charge in [0.2, 0.25) is 0 Å². The van der Waals surface area contributed by atoms with Crippen LogP contribution in [0.15, 0.2) is 101 Å². The Labute approximate surface area is 338 Å². The molecule has 0 unspecified atom stereocenters. The molecule has 3 aromatic heterocycles. The maximum absolute atomic E-state index is 11.7. The third-order valence-electron chi connectivity index (χ3n) is 10.4. The zero-order chi connectivity index (χ0) is 37.9. The molecule has 283 valence electrons. The zero-order valence-corrected chi connectivity index (χ0v) is 36.0. The number of pyridine rings is 1. The van der Waals surface area contributed by atoms with Crippen molar-refractivity contribution in [3.8, 4) is 21.7 Å². The maximum atomic E-state index is 11.7. The summed E-state index contributed by atoms with van der Waals surface area (Å²) in [4.78, 5) is 17.9. The van der Waals surface area contributed by atoms with Crippen molar-refractivity contribution in [2.75, 3.05) is 0 Å². The standard InChI is InChI=1S/C35H28NOS.C13H24O2.Ir/c1-21-25-17-18-36-31(34(25)38-33(21)23-15-13-22(14-16-23)20-35(2,3)4)28-19-24-9-5-6-10-26(24)30-27-11-7-8-12-29(27)37-32(28)30;1-5-10(6-2)12(14)9-13(15)11(7-3)8-4;/h5-18H,20H2,1-4H3;9-11,14H,5-8H2,1-4H3;/q-1;;/b;12-9-;. The molecular formula is C48H52IrNO3S-. The monoisotopic (exact) mass is 915 g/mol. The van der Waals surface area contributed by atoms with E-state index in [0.29, 0.717) is 0 Å². The van der Waals surface area contributed by atoms with E-state index in [1.165, 1.54) is 37.7 Å². The number of rotatable bonds is 10. The average molecular weight is 915 g/mol. The van der Waals surface area contributed by atoms with E-state index in [0.717, 1.165) is 76.1 Å². The topological polar surface area (TPSA) is 63.3 Å². The van der Waals surface area contributed by atoms with Crippen LogP contribution in [0.2, 0.25) is 0 Å². The molecule has 0 amide bonds. The third-order valence-corrected chi connectivity index (χ3v) is 11.8. The van der Waals surface area contributed by atoms with E-state index in [2.05, 4.69) is 100 Å². The summed E-state index contributed by atoms with van der Waals surface area (Å²) in [5.74, 6) is 0.547. The molecule has 0 aliphatic heterocycles. The molecule has 0 aliphatic carbocycles. The molecule has 3 heterocycles. The molecule has 0 aliphatic rings. The Bertz CT molecular complexity index is 2400. The van der Waals surface area contributed by atoms with Crippen LogP contribution in [0.3, 0.4) is 0 Å². The smallest absolute Gasteiger partial charge is 0.162 e. The Hall–Kier alpha value is -4.09. The number of nitrogens with zero attached hydrogens (tertiary/aromatic N) is 1. The fraction of sp³-hybridized carbons (Fsp3) is 0.333. The van der Waals surface area contributed by atoms with Crippen molar-refractivity contribution in [2.24, 2.45) is 17.3 Å². The Morgan fingerprint density at radius 3 is 2.13 bits per heavy atom. The number of fused-ring (bicyclic) bond motifs is 6. The zero-order valence-electron chi connectivity index (χ0n) is 32.8. The van der Waals surface area contributed by atoms with Gasteiger partial charge in [0.05, 0.1) is 11.3 Å². The molecule has 4 aromatic carbocycles. The molecule has 0 bridgehead atoms. The van der Waals surface area contributed by atoms with Gasteiger partial charge < -0.3 is 9.52 Å². The molecular weight excluding hydrogens is 863 g/mol. The molecule has 0 spiro atoms. The minimum Gasteiger partial charge on any atom is -0.512 e. The van der Waals surface area contributed by atoms with E-state index >= 15 is 0 Å². The fourth-order valence-electron chi connectivity index (χ4n) is 7.42. The predicted octanol–water partition coefficient (Wildman–Crippen LogP) is 14.2. The van der Waals surface area contributed by atoms with E-state index in [9.17, 15) is 9.90 Å². The van der Waals surface area contributed by atoms with Crippen LogP contribution in [-0.4, -0.2) is 15.9 Å². The normalized spacial score (nSPS) is 12.1. The van der Waals surface area contributed by atoms with Crippen LogP contribution in [0.5, 0.6) is 0 Å². The minimum atomic E-state index is 0. The van der Waals surface area contributed by atoms with Gasteiger partial charge in [0.25, 0.3) is 0 Å². The van der Waals surface area contributed by atoms with E-state index in [1.807, 2.05) is 57.4 Å². The second kappa shape index (κ2) is 17.6. The van der Waals surface area contributed by atoms with E-state index in [1.54, 1.807) is 0 Å². The van der Waals surface area contributed by atoms with Gasteiger partial charge in [0.1, 0.15) is 5.58 Å². The van der Waals surface area contributed by atoms with Crippen LogP contribution in [0.1, 0.15) is 85.3 Å². The molecule has 7 rings (SSSR count). The number of furan rings is 1. The average Bonchev–Trinajstić information content (AvgIpc) is 3.70. The van der Waals surface area contributed by atoms with Crippen LogP contribution in [0, 0.1) is 30.2 Å². The van der Waals surface area contributed by atoms with Gasteiger partial charge in [-0.1, -0.05) is 120 Å². The minimum absolute atomic E-state index is 0. The van der Waals surface area contributed by atoms with Gasteiger partial charge in [0.15, 0.2) is 5.78 Å². The van der Waals surface area contributed by atoms with Crippen molar-refractivity contribution in [3.63, 3.8) is 0 Å². The summed E-state index contributed by atoms with van der Waals surface area (Å²) in [5.41, 5.74) is 7.79. The largest absolute Gasteiger partial charge is 0.512 e. The summed E-state index contributed by atoms with van der Waals surface area (Å²) in [6.07, 6.45) is 7.90. The summed E-state index contributed by atoms with van der Waals surface area (Å²) < 4.78 is 7.68. The number of carbonyl (C=O) groups is 1. The van der Waals surface area contributed by atoms with Crippen LogP contribution in [-0.2, 0) is 31.3 Å². The number of hydrogen-bond acceptors (Lipinski definition) is 5. The van der Waals surface area contributed by atoms with Gasteiger partial charge in [0, 0.05) is 64.9 Å². The summed E-state index contributed by atoms with van der Waals surface area (Å²) in [5, 5.41) is 15.5. The molecule has 4 nitrogen and oxygen atoms in total. The van der Waals surface area contributed by atoms with E-state index in [-0.39, 0.29) is 48.9 Å². The SMILES string of the molecule is CCC(CC)C(=O)/C=C(\O)C(CC)CC.Cc1c(-c2ccc(CC(C)(C)C)cc2)sc2c(-c3[c-]c4ccccc4c4c3oc3ccccc34)nccc12.[Ir]. The molecule has 7 aromatic rings. The van der Waals surface area contributed by atoms with Crippen molar-refractivity contribution in [3.05, 3.63) is 114 Å². The number of aryl methyl sites for hydroxylation is 1. The van der Waals surface area contributed by atoms with Crippen molar-refractivity contribution < 1.29 is 34.4 Å². The first kappa shape index (κ1) is 41.1. The van der Waals surface area contributed by atoms with Crippen LogP contribution < -0.4 is 0 Å². The predicted molar refractivity (Wildman–Crippen MR) is 226 cm³/mol. The summed E-state index contributed by atoms with van der Waals surface area (Å²) in [6.45, 7) is 17.2. The first-order chi connectivity index (χ1) is 25.5. The molecule has 0 saturated carbocycles. The number of carbonyl (C=O) groups excluding carboxylic acids is 1. The first-order valence-electron chi connectivity index (χ1n) is 19.1. The molecule has 54 heavy (non-hydrogen) atoms. The first-order valence-corrected chi connectivity index (χ1v) is 20.0. The number of aromatic nitrogens is 1. The third kappa shape index (κ3) is 8.57. The molecule has 0 saturated heterocycles. The van der Waals surface area contributed by atoms with Gasteiger partial charge in [-0.2, -0.15) is 0 Å². The molecule has 6 heteroatoms. The Morgan fingerprint density at radius 2 is 1.48 bits per heavy atom. The number of aliphatic hydroxyl groups excluding tert-OH is 1. The van der Waals surface area contributed by atoms with Crippen molar-refractivity contribution in [2.45, 2.75) is 87.5 Å². The number of benzene rings is 4. The molecule has 1 N–H and O–H groups in total. The molecule has 0 fully saturated rings. The maximum Gasteiger partial charge on any atom is 0.162 e. The number of ketones is 1. The Kier molecular flexibility index (Phi) is 13.4. The van der Waals surface area contributed by atoms with E-state index in [4.69, 9.17) is 9.40 Å². The van der Waals surface area contributed by atoms with Crippen molar-refractivity contribution in [1.82, 2.24) is 4.98 Å². The molecule has 0 atom stereocenters. The summed E-state index contributed by atoms with van der Waals surface area (Å²) in [6, 6.07) is 31.6. The van der Waals surface area contributed by atoms with Gasteiger partial charge >= 0.3 is 0 Å².